The van der Waals surface area contributed by atoms with E-state index < -0.39 is 24.0 Å². The molecule has 2 heterocycles. The number of hydrogen-bond donors (Lipinski definition) is 0. The van der Waals surface area contributed by atoms with Gasteiger partial charge in [0.1, 0.15) is 13.2 Å². The van der Waals surface area contributed by atoms with Gasteiger partial charge in [-0.05, 0) is 24.0 Å². The summed E-state index contributed by atoms with van der Waals surface area (Å²) in [6, 6.07) is 18.4. The summed E-state index contributed by atoms with van der Waals surface area (Å²) in [5.74, 6) is -0.788. The first kappa shape index (κ1) is 23.2. The summed E-state index contributed by atoms with van der Waals surface area (Å²) in [5.41, 5.74) is 2.01. The SMILES string of the molecule is O=C(CC=CCC(=O)N1C(=O)OC[C@@H]1Cc1ccccc1)N1C(=O)OC[C@@H]1Cc1ccccc1. The lowest BCUT2D eigenvalue weighted by Gasteiger charge is -2.19. The fraction of sp³-hybridized carbons (Fsp3) is 0.308. The molecular formula is C26H26N2O6. The summed E-state index contributed by atoms with van der Waals surface area (Å²) >= 11 is 0. The van der Waals surface area contributed by atoms with Crippen molar-refractivity contribution >= 4 is 24.0 Å². The van der Waals surface area contributed by atoms with Gasteiger partial charge in [0.05, 0.1) is 12.1 Å². The first-order chi connectivity index (χ1) is 16.5. The van der Waals surface area contributed by atoms with Crippen LogP contribution in [-0.2, 0) is 31.9 Å². The molecule has 0 aliphatic carbocycles. The van der Waals surface area contributed by atoms with E-state index in [1.807, 2.05) is 60.7 Å². The van der Waals surface area contributed by atoms with Crippen LogP contribution in [0.3, 0.4) is 0 Å². The fourth-order valence-electron chi connectivity index (χ4n) is 4.17. The Morgan fingerprint density at radius 3 is 1.47 bits per heavy atom. The number of rotatable bonds is 8. The van der Waals surface area contributed by atoms with Crippen molar-refractivity contribution in [2.24, 2.45) is 0 Å². The Morgan fingerprint density at radius 1 is 0.706 bits per heavy atom. The van der Waals surface area contributed by atoms with Gasteiger partial charge < -0.3 is 9.47 Å². The minimum absolute atomic E-state index is 0.0500. The summed E-state index contributed by atoms with van der Waals surface area (Å²) in [6.45, 7) is 0.309. The molecule has 0 bridgehead atoms. The number of imide groups is 2. The van der Waals surface area contributed by atoms with Gasteiger partial charge in [-0.2, -0.15) is 0 Å². The highest BCUT2D eigenvalue weighted by Crippen LogP contribution is 2.20. The minimum Gasteiger partial charge on any atom is -0.447 e. The van der Waals surface area contributed by atoms with Crippen molar-refractivity contribution in [3.8, 4) is 0 Å². The predicted molar refractivity (Wildman–Crippen MR) is 123 cm³/mol. The lowest BCUT2D eigenvalue weighted by atomic mass is 10.1. The predicted octanol–water partition coefficient (Wildman–Crippen LogP) is 3.50. The van der Waals surface area contributed by atoms with Gasteiger partial charge in [-0.15, -0.1) is 0 Å². The van der Waals surface area contributed by atoms with E-state index in [0.717, 1.165) is 20.9 Å². The summed E-state index contributed by atoms with van der Waals surface area (Å²) < 4.78 is 10.2. The molecule has 0 saturated carbocycles. The first-order valence-electron chi connectivity index (χ1n) is 11.2. The van der Waals surface area contributed by atoms with Gasteiger partial charge in [0.15, 0.2) is 0 Å². The zero-order chi connectivity index (χ0) is 23.9. The van der Waals surface area contributed by atoms with Gasteiger partial charge in [-0.25, -0.2) is 19.4 Å². The van der Waals surface area contributed by atoms with Crippen LogP contribution in [0.5, 0.6) is 0 Å². The fourth-order valence-corrected chi connectivity index (χ4v) is 4.17. The van der Waals surface area contributed by atoms with Crippen LogP contribution in [0.2, 0.25) is 0 Å². The van der Waals surface area contributed by atoms with E-state index in [1.54, 1.807) is 12.2 Å². The molecule has 8 heteroatoms. The van der Waals surface area contributed by atoms with E-state index in [-0.39, 0.29) is 38.1 Å². The van der Waals surface area contributed by atoms with Crippen LogP contribution >= 0.6 is 0 Å². The lowest BCUT2D eigenvalue weighted by Crippen LogP contribution is -2.40. The van der Waals surface area contributed by atoms with Crippen molar-refractivity contribution in [1.82, 2.24) is 9.80 Å². The van der Waals surface area contributed by atoms with Gasteiger partial charge in [0, 0.05) is 12.8 Å². The summed E-state index contributed by atoms with van der Waals surface area (Å²) in [7, 11) is 0. The molecule has 2 aromatic carbocycles. The molecule has 0 unspecified atom stereocenters. The highest BCUT2D eigenvalue weighted by Gasteiger charge is 2.38. The zero-order valence-electron chi connectivity index (χ0n) is 18.7. The van der Waals surface area contributed by atoms with E-state index >= 15 is 0 Å². The Bertz CT molecular complexity index is 984. The number of nitrogens with zero attached hydrogens (tertiary/aromatic N) is 2. The van der Waals surface area contributed by atoms with Gasteiger partial charge in [-0.3, -0.25) is 9.59 Å². The molecule has 4 amide bonds. The van der Waals surface area contributed by atoms with Crippen molar-refractivity contribution in [1.29, 1.82) is 0 Å². The normalized spacial score (nSPS) is 20.0. The Hall–Kier alpha value is -3.94. The van der Waals surface area contributed by atoms with E-state index in [0.29, 0.717) is 12.8 Å². The first-order valence-corrected chi connectivity index (χ1v) is 11.2. The molecule has 2 saturated heterocycles. The van der Waals surface area contributed by atoms with Crippen LogP contribution in [-0.4, -0.2) is 59.1 Å². The van der Waals surface area contributed by atoms with Crippen LogP contribution in [0.15, 0.2) is 72.8 Å². The molecule has 0 N–H and O–H groups in total. The molecule has 0 spiro atoms. The van der Waals surface area contributed by atoms with E-state index in [9.17, 15) is 19.2 Å². The average molecular weight is 463 g/mol. The summed E-state index contributed by atoms with van der Waals surface area (Å²) in [4.78, 5) is 51.8. The Morgan fingerprint density at radius 2 is 1.09 bits per heavy atom. The van der Waals surface area contributed by atoms with Crippen LogP contribution in [0.25, 0.3) is 0 Å². The third-order valence-electron chi connectivity index (χ3n) is 5.84. The van der Waals surface area contributed by atoms with Crippen molar-refractivity contribution in [2.45, 2.75) is 37.8 Å². The Balaban J connectivity index is 1.30. The summed E-state index contributed by atoms with van der Waals surface area (Å²) in [6.07, 6.45) is 2.70. The number of benzene rings is 2. The molecule has 0 aromatic heterocycles. The molecular weight excluding hydrogens is 436 g/mol. The molecule has 2 aromatic rings. The molecule has 4 rings (SSSR count). The van der Waals surface area contributed by atoms with Crippen molar-refractivity contribution in [3.63, 3.8) is 0 Å². The molecule has 176 valence electrons. The molecule has 34 heavy (non-hydrogen) atoms. The number of cyclic esters (lactones) is 2. The Labute approximate surface area is 197 Å². The number of amides is 4. The molecule has 0 radical (unpaired) electrons. The smallest absolute Gasteiger partial charge is 0.416 e. The number of hydrogen-bond acceptors (Lipinski definition) is 6. The molecule has 2 atom stereocenters. The van der Waals surface area contributed by atoms with Crippen molar-refractivity contribution in [2.75, 3.05) is 13.2 Å². The van der Waals surface area contributed by atoms with Crippen LogP contribution in [0.4, 0.5) is 9.59 Å². The number of carbonyl (C=O) groups excluding carboxylic acids is 4. The third-order valence-corrected chi connectivity index (χ3v) is 5.84. The lowest BCUT2D eigenvalue weighted by molar-refractivity contribution is -0.129. The van der Waals surface area contributed by atoms with E-state index in [1.165, 1.54) is 0 Å². The maximum Gasteiger partial charge on any atom is 0.416 e. The second-order valence-corrected chi connectivity index (χ2v) is 8.25. The van der Waals surface area contributed by atoms with Gasteiger partial charge >= 0.3 is 12.2 Å². The van der Waals surface area contributed by atoms with E-state index in [4.69, 9.17) is 9.47 Å². The molecule has 2 aliphatic rings. The minimum atomic E-state index is -0.654. The second kappa shape index (κ2) is 10.8. The van der Waals surface area contributed by atoms with Crippen molar-refractivity contribution < 1.29 is 28.7 Å². The number of ether oxygens (including phenoxy) is 2. The highest BCUT2D eigenvalue weighted by molar-refractivity contribution is 5.95. The molecule has 8 nitrogen and oxygen atoms in total. The van der Waals surface area contributed by atoms with Gasteiger partial charge in [0.2, 0.25) is 11.8 Å². The van der Waals surface area contributed by atoms with Crippen molar-refractivity contribution in [3.05, 3.63) is 83.9 Å². The number of carbonyl (C=O) groups is 4. The summed E-state index contributed by atoms with van der Waals surface area (Å²) in [5, 5.41) is 0. The van der Waals surface area contributed by atoms with Crippen LogP contribution in [0, 0.1) is 0 Å². The van der Waals surface area contributed by atoms with E-state index in [2.05, 4.69) is 0 Å². The standard InChI is InChI=1S/C26H26N2O6/c29-23(27-21(17-33-25(27)31)15-19-9-3-1-4-10-19)13-7-8-14-24(30)28-22(18-34-26(28)32)16-20-11-5-2-6-12-20/h1-12,21-22H,13-18H2/t21-,22-/m0/s1. The monoisotopic (exact) mass is 462 g/mol. The van der Waals surface area contributed by atoms with Crippen LogP contribution < -0.4 is 0 Å². The Kier molecular flexibility index (Phi) is 7.37. The van der Waals surface area contributed by atoms with Gasteiger partial charge in [-0.1, -0.05) is 72.8 Å². The quantitative estimate of drug-likeness (QED) is 0.558. The maximum atomic E-state index is 12.7. The van der Waals surface area contributed by atoms with Gasteiger partial charge in [0.25, 0.3) is 0 Å². The zero-order valence-corrected chi connectivity index (χ0v) is 18.7. The average Bonchev–Trinajstić information content (AvgIpc) is 3.39. The topological polar surface area (TPSA) is 93.2 Å². The highest BCUT2D eigenvalue weighted by atomic mass is 16.6. The molecule has 2 fully saturated rings. The third kappa shape index (κ3) is 5.51. The second-order valence-electron chi connectivity index (χ2n) is 8.25. The largest absolute Gasteiger partial charge is 0.447 e. The maximum absolute atomic E-state index is 12.7. The van der Waals surface area contributed by atoms with Crippen LogP contribution in [0.1, 0.15) is 24.0 Å². The molecule has 2 aliphatic heterocycles.